The van der Waals surface area contributed by atoms with Crippen molar-refractivity contribution in [3.63, 3.8) is 0 Å². The van der Waals surface area contributed by atoms with Crippen LogP contribution in [0.5, 0.6) is 11.6 Å². The first-order valence-corrected chi connectivity index (χ1v) is 6.55. The van der Waals surface area contributed by atoms with Gasteiger partial charge in [-0.25, -0.2) is 4.98 Å². The molecule has 0 aliphatic carbocycles. The lowest BCUT2D eigenvalue weighted by Gasteiger charge is -2.20. The molecule has 0 aliphatic rings. The molecule has 3 nitrogen and oxygen atoms in total. The van der Waals surface area contributed by atoms with Gasteiger partial charge in [-0.15, -0.1) is 0 Å². The zero-order valence-corrected chi connectivity index (χ0v) is 12.3. The molecule has 0 unspecified atom stereocenters. The highest BCUT2D eigenvalue weighted by Gasteiger charge is 2.15. The Balaban J connectivity index is 2.28. The van der Waals surface area contributed by atoms with E-state index in [1.165, 1.54) is 5.56 Å². The Labute approximate surface area is 119 Å². The van der Waals surface area contributed by atoms with Gasteiger partial charge >= 0.3 is 0 Å². The summed E-state index contributed by atoms with van der Waals surface area (Å²) in [5.74, 6) is 1.20. The molecule has 0 amide bonds. The highest BCUT2D eigenvalue weighted by molar-refractivity contribution is 5.41. The fourth-order valence-corrected chi connectivity index (χ4v) is 1.88. The van der Waals surface area contributed by atoms with Gasteiger partial charge in [0.05, 0.1) is 11.6 Å². The van der Waals surface area contributed by atoms with Crippen LogP contribution < -0.4 is 4.74 Å². The monoisotopic (exact) mass is 266 g/mol. The van der Waals surface area contributed by atoms with Crippen molar-refractivity contribution in [2.24, 2.45) is 0 Å². The molecule has 1 aromatic carbocycles. The molecule has 3 heteroatoms. The predicted octanol–water partition coefficient (Wildman–Crippen LogP) is 4.35. The van der Waals surface area contributed by atoms with Crippen LogP contribution in [0.15, 0.2) is 36.5 Å². The summed E-state index contributed by atoms with van der Waals surface area (Å²) in [6.45, 7) is 8.56. The lowest BCUT2D eigenvalue weighted by atomic mass is 9.86. The average molecular weight is 266 g/mol. The number of aromatic nitrogens is 1. The Morgan fingerprint density at radius 2 is 1.90 bits per heavy atom. The van der Waals surface area contributed by atoms with Gasteiger partial charge in [0.1, 0.15) is 5.75 Å². The summed E-state index contributed by atoms with van der Waals surface area (Å²) in [6.07, 6.45) is 1.58. The molecule has 0 N–H and O–H groups in total. The quantitative estimate of drug-likeness (QED) is 0.811. The van der Waals surface area contributed by atoms with Crippen LogP contribution >= 0.6 is 0 Å². The molecule has 0 radical (unpaired) electrons. The number of benzene rings is 1. The molecule has 0 fully saturated rings. The minimum Gasteiger partial charge on any atom is -0.439 e. The van der Waals surface area contributed by atoms with Gasteiger partial charge in [0.15, 0.2) is 0 Å². The number of aryl methyl sites for hydroxylation is 1. The molecule has 0 atom stereocenters. The van der Waals surface area contributed by atoms with Gasteiger partial charge in [-0.05, 0) is 35.6 Å². The highest BCUT2D eigenvalue weighted by atomic mass is 16.5. The maximum atomic E-state index is 8.88. The van der Waals surface area contributed by atoms with Crippen molar-refractivity contribution in [1.29, 1.82) is 5.26 Å². The van der Waals surface area contributed by atoms with Gasteiger partial charge in [-0.3, -0.25) is 0 Å². The molecule has 2 rings (SSSR count). The number of pyridine rings is 1. The summed E-state index contributed by atoms with van der Waals surface area (Å²) in [7, 11) is 0. The second-order valence-electron chi connectivity index (χ2n) is 5.83. The van der Waals surface area contributed by atoms with Gasteiger partial charge in [-0.2, -0.15) is 5.26 Å². The third-order valence-electron chi connectivity index (χ3n) is 3.12. The van der Waals surface area contributed by atoms with E-state index in [9.17, 15) is 0 Å². The normalized spacial score (nSPS) is 10.9. The SMILES string of the molecule is Cc1cc(C(C)(C)C)ccc1Oc1cc(C#N)ccn1. The van der Waals surface area contributed by atoms with Crippen LogP contribution in [0.2, 0.25) is 0 Å². The molecule has 2 aromatic rings. The Hall–Kier alpha value is -2.34. The van der Waals surface area contributed by atoms with Gasteiger partial charge in [0.2, 0.25) is 5.88 Å². The third kappa shape index (κ3) is 3.16. The zero-order chi connectivity index (χ0) is 14.8. The van der Waals surface area contributed by atoms with E-state index in [-0.39, 0.29) is 5.41 Å². The smallest absolute Gasteiger partial charge is 0.220 e. The first-order valence-electron chi connectivity index (χ1n) is 6.55. The third-order valence-corrected chi connectivity index (χ3v) is 3.12. The molecular weight excluding hydrogens is 248 g/mol. The van der Waals surface area contributed by atoms with E-state index in [2.05, 4.69) is 44.0 Å². The highest BCUT2D eigenvalue weighted by Crippen LogP contribution is 2.29. The Morgan fingerprint density at radius 3 is 2.50 bits per heavy atom. The minimum atomic E-state index is 0.113. The molecular formula is C17H18N2O. The maximum Gasteiger partial charge on any atom is 0.220 e. The molecule has 0 saturated carbocycles. The first-order chi connectivity index (χ1) is 9.40. The fourth-order valence-electron chi connectivity index (χ4n) is 1.88. The minimum absolute atomic E-state index is 0.113. The fraction of sp³-hybridized carbons (Fsp3) is 0.294. The van der Waals surface area contributed by atoms with Crippen molar-refractivity contribution in [3.8, 4) is 17.7 Å². The molecule has 1 aromatic heterocycles. The summed E-state index contributed by atoms with van der Waals surface area (Å²) >= 11 is 0. The molecule has 0 aliphatic heterocycles. The van der Waals surface area contributed by atoms with E-state index >= 15 is 0 Å². The predicted molar refractivity (Wildman–Crippen MR) is 78.9 cm³/mol. The van der Waals surface area contributed by atoms with Gasteiger partial charge < -0.3 is 4.74 Å². The number of hydrogen-bond acceptors (Lipinski definition) is 3. The summed E-state index contributed by atoms with van der Waals surface area (Å²) in [5, 5.41) is 8.88. The maximum absolute atomic E-state index is 8.88. The van der Waals surface area contributed by atoms with Crippen LogP contribution in [0.4, 0.5) is 0 Å². The van der Waals surface area contributed by atoms with Crippen molar-refractivity contribution >= 4 is 0 Å². The van der Waals surface area contributed by atoms with Crippen LogP contribution in [0, 0.1) is 18.3 Å². The van der Waals surface area contributed by atoms with Crippen molar-refractivity contribution in [1.82, 2.24) is 4.98 Å². The molecule has 0 bridgehead atoms. The lowest BCUT2D eigenvalue weighted by Crippen LogP contribution is -2.11. The van der Waals surface area contributed by atoms with Crippen molar-refractivity contribution in [2.45, 2.75) is 33.1 Å². The van der Waals surface area contributed by atoms with Crippen LogP contribution in [0.25, 0.3) is 0 Å². The molecule has 0 spiro atoms. The second kappa shape index (κ2) is 5.34. The number of rotatable bonds is 2. The van der Waals surface area contributed by atoms with E-state index in [0.29, 0.717) is 11.4 Å². The Kier molecular flexibility index (Phi) is 3.76. The molecule has 102 valence electrons. The standard InChI is InChI=1S/C17H18N2O/c1-12-9-14(17(2,3)4)5-6-15(12)20-16-10-13(11-18)7-8-19-16/h5-10H,1-4H3. The van der Waals surface area contributed by atoms with Gasteiger partial charge in [0.25, 0.3) is 0 Å². The van der Waals surface area contributed by atoms with Crippen molar-refractivity contribution in [3.05, 3.63) is 53.2 Å². The number of ether oxygens (including phenoxy) is 1. The van der Waals surface area contributed by atoms with Crippen molar-refractivity contribution < 1.29 is 4.74 Å². The Bertz CT molecular complexity index is 663. The van der Waals surface area contributed by atoms with Gasteiger partial charge in [0, 0.05) is 12.3 Å². The molecule has 20 heavy (non-hydrogen) atoms. The molecule has 1 heterocycles. The first kappa shape index (κ1) is 14.1. The number of nitriles is 1. The van der Waals surface area contributed by atoms with E-state index in [0.717, 1.165) is 11.3 Å². The van der Waals surface area contributed by atoms with Crippen LogP contribution in [-0.2, 0) is 5.41 Å². The zero-order valence-electron chi connectivity index (χ0n) is 12.3. The van der Waals surface area contributed by atoms with Crippen LogP contribution in [0.3, 0.4) is 0 Å². The van der Waals surface area contributed by atoms with Crippen LogP contribution in [-0.4, -0.2) is 4.98 Å². The molecule has 0 saturated heterocycles. The average Bonchev–Trinajstić information content (AvgIpc) is 2.40. The van der Waals surface area contributed by atoms with E-state index in [1.54, 1.807) is 18.3 Å². The summed E-state index contributed by atoms with van der Waals surface area (Å²) < 4.78 is 5.76. The second-order valence-corrected chi connectivity index (χ2v) is 5.83. The number of nitrogens with zero attached hydrogens (tertiary/aromatic N) is 2. The van der Waals surface area contributed by atoms with Crippen molar-refractivity contribution in [2.75, 3.05) is 0 Å². The largest absolute Gasteiger partial charge is 0.439 e. The van der Waals surface area contributed by atoms with Gasteiger partial charge in [-0.1, -0.05) is 32.9 Å². The van der Waals surface area contributed by atoms with E-state index < -0.39 is 0 Å². The van der Waals surface area contributed by atoms with E-state index in [1.807, 2.05) is 13.0 Å². The lowest BCUT2D eigenvalue weighted by molar-refractivity contribution is 0.458. The van der Waals surface area contributed by atoms with Crippen LogP contribution in [0.1, 0.15) is 37.5 Å². The summed E-state index contributed by atoms with van der Waals surface area (Å²) in [5.41, 5.74) is 2.98. The van der Waals surface area contributed by atoms with E-state index in [4.69, 9.17) is 10.00 Å². The topological polar surface area (TPSA) is 45.9 Å². The number of hydrogen-bond donors (Lipinski definition) is 0. The Morgan fingerprint density at radius 1 is 1.15 bits per heavy atom. The summed E-state index contributed by atoms with van der Waals surface area (Å²) in [6, 6.07) is 11.5. The summed E-state index contributed by atoms with van der Waals surface area (Å²) in [4.78, 5) is 4.12.